The van der Waals surface area contributed by atoms with Crippen LogP contribution >= 0.6 is 15.9 Å². The molecule has 0 unspecified atom stereocenters. The normalized spacial score (nSPS) is 13.7. The number of nitrogens with zero attached hydrogens (tertiary/aromatic N) is 5. The van der Waals surface area contributed by atoms with Crippen LogP contribution in [-0.4, -0.2) is 25.2 Å². The van der Waals surface area contributed by atoms with E-state index in [0.717, 1.165) is 27.1 Å². The SMILES string of the molecule is Cn1c(=O)c2c(nc3n2CCN3Cc2ccccc2Br)n(C)c1=O. The van der Waals surface area contributed by atoms with Gasteiger partial charge in [-0.15, -0.1) is 0 Å². The average molecular weight is 390 g/mol. The van der Waals surface area contributed by atoms with Crippen molar-refractivity contribution >= 4 is 33.0 Å². The van der Waals surface area contributed by atoms with Crippen molar-refractivity contribution in [3.63, 3.8) is 0 Å². The maximum atomic E-state index is 12.5. The highest BCUT2D eigenvalue weighted by Crippen LogP contribution is 2.27. The quantitative estimate of drug-likeness (QED) is 0.660. The van der Waals surface area contributed by atoms with Gasteiger partial charge in [0.15, 0.2) is 11.2 Å². The summed E-state index contributed by atoms with van der Waals surface area (Å²) in [6, 6.07) is 8.04. The van der Waals surface area contributed by atoms with E-state index < -0.39 is 0 Å². The van der Waals surface area contributed by atoms with Crippen molar-refractivity contribution in [2.24, 2.45) is 14.1 Å². The van der Waals surface area contributed by atoms with Crippen molar-refractivity contribution in [3.05, 3.63) is 55.1 Å². The number of aromatic nitrogens is 4. The predicted octanol–water partition coefficient (Wildman–Crippen LogP) is 1.22. The molecule has 1 aliphatic heterocycles. The molecule has 3 aromatic rings. The fourth-order valence-corrected chi connectivity index (χ4v) is 3.60. The van der Waals surface area contributed by atoms with Crippen molar-refractivity contribution in [1.82, 2.24) is 18.7 Å². The summed E-state index contributed by atoms with van der Waals surface area (Å²) in [5.74, 6) is 0.735. The number of benzene rings is 1. The number of halogens is 1. The van der Waals surface area contributed by atoms with E-state index in [9.17, 15) is 9.59 Å². The third-order valence-corrected chi connectivity index (χ3v) is 5.30. The molecule has 0 saturated heterocycles. The number of aryl methyl sites for hydroxylation is 1. The minimum absolute atomic E-state index is 0.297. The lowest BCUT2D eigenvalue weighted by Gasteiger charge is -2.16. The summed E-state index contributed by atoms with van der Waals surface area (Å²) in [6.45, 7) is 2.16. The van der Waals surface area contributed by atoms with E-state index in [1.54, 1.807) is 7.05 Å². The summed E-state index contributed by atoms with van der Waals surface area (Å²) in [5.41, 5.74) is 1.43. The summed E-state index contributed by atoms with van der Waals surface area (Å²) in [6.07, 6.45) is 0. The first-order valence-corrected chi connectivity index (χ1v) is 8.43. The highest BCUT2D eigenvalue weighted by molar-refractivity contribution is 9.10. The van der Waals surface area contributed by atoms with Crippen LogP contribution in [0.1, 0.15) is 5.56 Å². The van der Waals surface area contributed by atoms with Crippen LogP contribution in [0.5, 0.6) is 0 Å². The summed E-state index contributed by atoms with van der Waals surface area (Å²) >= 11 is 3.57. The molecule has 0 atom stereocenters. The molecule has 4 rings (SSSR count). The van der Waals surface area contributed by atoms with Gasteiger partial charge in [0.2, 0.25) is 5.95 Å². The molecule has 1 aromatic carbocycles. The van der Waals surface area contributed by atoms with Crippen molar-refractivity contribution in [1.29, 1.82) is 0 Å². The van der Waals surface area contributed by atoms with Gasteiger partial charge in [-0.1, -0.05) is 34.1 Å². The van der Waals surface area contributed by atoms with Gasteiger partial charge < -0.3 is 9.47 Å². The average Bonchev–Trinajstić information content (AvgIpc) is 3.13. The van der Waals surface area contributed by atoms with Crippen LogP contribution in [0.25, 0.3) is 11.2 Å². The van der Waals surface area contributed by atoms with Gasteiger partial charge in [0.25, 0.3) is 5.56 Å². The maximum Gasteiger partial charge on any atom is 0.332 e. The molecule has 0 fully saturated rings. The first kappa shape index (κ1) is 15.2. The van der Waals surface area contributed by atoms with Gasteiger partial charge in [-0.25, -0.2) is 4.79 Å². The van der Waals surface area contributed by atoms with Crippen LogP contribution in [0.3, 0.4) is 0 Å². The van der Waals surface area contributed by atoms with Crippen LogP contribution in [0, 0.1) is 0 Å². The highest BCUT2D eigenvalue weighted by Gasteiger charge is 2.27. The van der Waals surface area contributed by atoms with Crippen LogP contribution in [0.15, 0.2) is 38.3 Å². The van der Waals surface area contributed by atoms with Crippen molar-refractivity contribution < 1.29 is 0 Å². The summed E-state index contributed by atoms with van der Waals surface area (Å²) in [4.78, 5) is 31.3. The van der Waals surface area contributed by atoms with E-state index >= 15 is 0 Å². The number of hydrogen-bond donors (Lipinski definition) is 0. The molecule has 0 N–H and O–H groups in total. The lowest BCUT2D eigenvalue weighted by atomic mass is 10.2. The van der Waals surface area contributed by atoms with Crippen molar-refractivity contribution in [2.45, 2.75) is 13.1 Å². The van der Waals surface area contributed by atoms with Gasteiger partial charge in [0.05, 0.1) is 0 Å². The van der Waals surface area contributed by atoms with E-state index in [-0.39, 0.29) is 11.2 Å². The smallest absolute Gasteiger partial charge is 0.332 e. The van der Waals surface area contributed by atoms with E-state index in [0.29, 0.717) is 24.3 Å². The highest BCUT2D eigenvalue weighted by atomic mass is 79.9. The van der Waals surface area contributed by atoms with Crippen LogP contribution in [-0.2, 0) is 27.2 Å². The second-order valence-corrected chi connectivity index (χ2v) is 6.81. The minimum atomic E-state index is -0.360. The Bertz CT molecular complexity index is 1080. The van der Waals surface area contributed by atoms with Crippen molar-refractivity contribution in [2.75, 3.05) is 11.4 Å². The minimum Gasteiger partial charge on any atom is -0.336 e. The third kappa shape index (κ3) is 2.06. The van der Waals surface area contributed by atoms with E-state index in [4.69, 9.17) is 0 Å². The molecular formula is C16H16BrN5O2. The Labute approximate surface area is 145 Å². The number of rotatable bonds is 2. The number of anilines is 1. The molecule has 1 aliphatic rings. The summed E-state index contributed by atoms with van der Waals surface area (Å²) in [5, 5.41) is 0. The molecule has 2 aromatic heterocycles. The molecular weight excluding hydrogens is 374 g/mol. The molecule has 3 heterocycles. The molecule has 8 heteroatoms. The standard InChI is InChI=1S/C16H16BrN5O2/c1-19-13-12(14(23)20(2)16(19)24)22-8-7-21(15(22)18-13)9-10-5-3-4-6-11(10)17/h3-6H,7-9H2,1-2H3. The molecule has 124 valence electrons. The van der Waals surface area contributed by atoms with Crippen LogP contribution < -0.4 is 16.1 Å². The van der Waals surface area contributed by atoms with Gasteiger partial charge in [0, 0.05) is 38.2 Å². The molecule has 0 saturated carbocycles. The van der Waals surface area contributed by atoms with Gasteiger partial charge >= 0.3 is 5.69 Å². The molecule has 24 heavy (non-hydrogen) atoms. The second kappa shape index (κ2) is 5.34. The third-order valence-electron chi connectivity index (χ3n) is 4.52. The Morgan fingerprint density at radius 3 is 2.62 bits per heavy atom. The Morgan fingerprint density at radius 2 is 1.88 bits per heavy atom. The number of hydrogen-bond acceptors (Lipinski definition) is 4. The molecule has 0 bridgehead atoms. The van der Waals surface area contributed by atoms with Crippen LogP contribution in [0.4, 0.5) is 5.95 Å². The molecule has 0 spiro atoms. The van der Waals surface area contributed by atoms with E-state index in [1.165, 1.54) is 11.6 Å². The molecule has 0 aliphatic carbocycles. The predicted molar refractivity (Wildman–Crippen MR) is 95.4 cm³/mol. The van der Waals surface area contributed by atoms with E-state index in [1.807, 2.05) is 22.8 Å². The Morgan fingerprint density at radius 1 is 1.12 bits per heavy atom. The summed E-state index contributed by atoms with van der Waals surface area (Å²) < 4.78 is 5.52. The van der Waals surface area contributed by atoms with Crippen molar-refractivity contribution in [3.8, 4) is 0 Å². The maximum absolute atomic E-state index is 12.5. The molecule has 7 nitrogen and oxygen atoms in total. The zero-order valence-corrected chi connectivity index (χ0v) is 14.9. The largest absolute Gasteiger partial charge is 0.336 e. The Balaban J connectivity index is 1.86. The van der Waals surface area contributed by atoms with Gasteiger partial charge in [0.1, 0.15) is 0 Å². The monoisotopic (exact) mass is 389 g/mol. The van der Waals surface area contributed by atoms with Gasteiger partial charge in [-0.3, -0.25) is 13.9 Å². The first-order chi connectivity index (χ1) is 11.5. The lowest BCUT2D eigenvalue weighted by Crippen LogP contribution is -2.37. The van der Waals surface area contributed by atoms with E-state index in [2.05, 4.69) is 31.9 Å². The topological polar surface area (TPSA) is 65.1 Å². The van der Waals surface area contributed by atoms with Crippen LogP contribution in [0.2, 0.25) is 0 Å². The fraction of sp³-hybridized carbons (Fsp3) is 0.312. The lowest BCUT2D eigenvalue weighted by molar-refractivity contribution is 0.698. The van der Waals surface area contributed by atoms with Gasteiger partial charge in [-0.2, -0.15) is 4.98 Å². The second-order valence-electron chi connectivity index (χ2n) is 5.95. The molecule has 0 radical (unpaired) electrons. The first-order valence-electron chi connectivity index (χ1n) is 7.63. The summed E-state index contributed by atoms with van der Waals surface area (Å²) in [7, 11) is 3.14. The number of fused-ring (bicyclic) bond motifs is 3. The molecule has 0 amide bonds. The Kier molecular flexibility index (Phi) is 3.38. The zero-order chi connectivity index (χ0) is 17.0. The number of imidazole rings is 1. The Hall–Kier alpha value is -2.35. The zero-order valence-electron chi connectivity index (χ0n) is 13.4. The fourth-order valence-electron chi connectivity index (χ4n) is 3.19. The van der Waals surface area contributed by atoms with Gasteiger partial charge in [-0.05, 0) is 11.6 Å².